The Balaban J connectivity index is 1.90. The second-order valence-corrected chi connectivity index (χ2v) is 5.64. The quantitative estimate of drug-likeness (QED) is 0.311. The molecular formula is C21H19NO5. The van der Waals surface area contributed by atoms with Crippen LogP contribution in [0, 0.1) is 0 Å². The van der Waals surface area contributed by atoms with Crippen LogP contribution >= 0.6 is 0 Å². The molecule has 0 spiro atoms. The highest BCUT2D eigenvalue weighted by atomic mass is 16.6. The van der Waals surface area contributed by atoms with Crippen LogP contribution in [0.3, 0.4) is 0 Å². The number of methoxy groups -OCH3 is 1. The van der Waals surface area contributed by atoms with Gasteiger partial charge in [-0.05, 0) is 0 Å². The van der Waals surface area contributed by atoms with E-state index in [1.807, 2.05) is 48.5 Å². The Bertz CT molecular complexity index is 955. The Morgan fingerprint density at radius 2 is 1.48 bits per heavy atom. The Morgan fingerprint density at radius 1 is 0.963 bits per heavy atom. The number of amides is 1. The first-order valence-electron chi connectivity index (χ1n) is 8.38. The van der Waals surface area contributed by atoms with Crippen molar-refractivity contribution in [3.63, 3.8) is 0 Å². The summed E-state index contributed by atoms with van der Waals surface area (Å²) in [6.45, 7) is 3.47. The van der Waals surface area contributed by atoms with Gasteiger partial charge in [0, 0.05) is 27.6 Å². The van der Waals surface area contributed by atoms with E-state index >= 15 is 0 Å². The first-order chi connectivity index (χ1) is 13.2. The Labute approximate surface area is 156 Å². The van der Waals surface area contributed by atoms with Crippen molar-refractivity contribution in [2.24, 2.45) is 0 Å². The van der Waals surface area contributed by atoms with Crippen molar-refractivity contribution in [2.75, 3.05) is 20.3 Å². The zero-order valence-electron chi connectivity index (χ0n) is 14.9. The molecule has 0 saturated heterocycles. The first-order valence-corrected chi connectivity index (χ1v) is 8.38. The lowest BCUT2D eigenvalue weighted by Gasteiger charge is -2.15. The molecule has 3 aromatic carbocycles. The highest BCUT2D eigenvalue weighted by molar-refractivity contribution is 6.11. The molecule has 6 heteroatoms. The van der Waals surface area contributed by atoms with E-state index in [9.17, 15) is 9.59 Å². The van der Waals surface area contributed by atoms with Gasteiger partial charge in [-0.15, -0.1) is 0 Å². The van der Waals surface area contributed by atoms with Crippen molar-refractivity contribution < 1.29 is 23.8 Å². The molecule has 0 aliphatic carbocycles. The summed E-state index contributed by atoms with van der Waals surface area (Å²) in [6, 6.07) is 15.1. The molecule has 0 aliphatic heterocycles. The molecule has 0 aliphatic rings. The molecule has 1 amide bonds. The minimum Gasteiger partial charge on any atom is -0.495 e. The Morgan fingerprint density at radius 3 is 1.96 bits per heavy atom. The molecule has 0 heterocycles. The molecule has 0 atom stereocenters. The van der Waals surface area contributed by atoms with Gasteiger partial charge in [0.25, 0.3) is 0 Å². The van der Waals surface area contributed by atoms with Gasteiger partial charge in [0.1, 0.15) is 18.1 Å². The van der Waals surface area contributed by atoms with Crippen molar-refractivity contribution in [2.45, 2.75) is 0 Å². The number of rotatable bonds is 6. The zero-order valence-corrected chi connectivity index (χ0v) is 14.9. The number of benzene rings is 3. The van der Waals surface area contributed by atoms with Crippen LogP contribution in [-0.4, -0.2) is 32.3 Å². The molecular weight excluding hydrogens is 346 g/mol. The predicted molar refractivity (Wildman–Crippen MR) is 103 cm³/mol. The van der Waals surface area contributed by atoms with E-state index in [-0.39, 0.29) is 13.2 Å². The lowest BCUT2D eigenvalue weighted by atomic mass is 10.0. The summed E-state index contributed by atoms with van der Waals surface area (Å²) >= 11 is 0. The first kappa shape index (κ1) is 18.3. The molecule has 0 aromatic heterocycles. The molecule has 1 N–H and O–H groups in total. The lowest BCUT2D eigenvalue weighted by molar-refractivity contribution is -0.137. The van der Waals surface area contributed by atoms with Crippen molar-refractivity contribution in [3.05, 3.63) is 61.2 Å². The van der Waals surface area contributed by atoms with Crippen LogP contribution in [0.2, 0.25) is 0 Å². The third kappa shape index (κ3) is 3.84. The van der Waals surface area contributed by atoms with Crippen LogP contribution in [-0.2, 0) is 9.53 Å². The van der Waals surface area contributed by atoms with E-state index in [0.717, 1.165) is 33.4 Å². The smallest absolute Gasteiger partial charge is 0.412 e. The van der Waals surface area contributed by atoms with Crippen LogP contribution in [0.4, 0.5) is 4.79 Å². The van der Waals surface area contributed by atoms with E-state index in [2.05, 4.69) is 11.9 Å². The third-order valence-electron chi connectivity index (χ3n) is 4.01. The van der Waals surface area contributed by atoms with Crippen molar-refractivity contribution >= 4 is 33.6 Å². The van der Waals surface area contributed by atoms with Gasteiger partial charge in [0.15, 0.2) is 0 Å². The second kappa shape index (κ2) is 8.23. The van der Waals surface area contributed by atoms with Crippen LogP contribution in [0.25, 0.3) is 21.5 Å². The minimum absolute atomic E-state index is 0.0318. The number of hydrogen-bond acceptors (Lipinski definition) is 5. The van der Waals surface area contributed by atoms with Crippen molar-refractivity contribution in [1.29, 1.82) is 0 Å². The van der Waals surface area contributed by atoms with Gasteiger partial charge in [-0.3, -0.25) is 0 Å². The average molecular weight is 365 g/mol. The second-order valence-electron chi connectivity index (χ2n) is 5.64. The van der Waals surface area contributed by atoms with E-state index < -0.39 is 12.1 Å². The highest BCUT2D eigenvalue weighted by Crippen LogP contribution is 2.42. The molecule has 3 aromatic rings. The summed E-state index contributed by atoms with van der Waals surface area (Å²) in [4.78, 5) is 23.2. The number of carbonyl (C=O) groups excluding carboxylic acids is 2. The predicted octanol–water partition coefficient (Wildman–Crippen LogP) is 3.82. The van der Waals surface area contributed by atoms with E-state index in [4.69, 9.17) is 14.2 Å². The van der Waals surface area contributed by atoms with Crippen LogP contribution in [0.15, 0.2) is 61.2 Å². The standard InChI is InChI=1S/C21H19NO5/c1-3-18(23)26-13-12-22-21(24)27-20-16-10-6-4-8-14(16)19(25-2)15-9-5-7-11-17(15)20/h3-11H,1,12-13H2,2H3,(H,22,24). The summed E-state index contributed by atoms with van der Waals surface area (Å²) in [5.41, 5.74) is 0. The number of hydrogen-bond donors (Lipinski definition) is 1. The summed E-state index contributed by atoms with van der Waals surface area (Å²) in [5, 5.41) is 5.79. The van der Waals surface area contributed by atoms with E-state index in [1.54, 1.807) is 7.11 Å². The number of nitrogens with one attached hydrogen (secondary N) is 1. The maximum Gasteiger partial charge on any atom is 0.412 e. The fourth-order valence-corrected chi connectivity index (χ4v) is 2.87. The average Bonchev–Trinajstić information content (AvgIpc) is 2.71. The minimum atomic E-state index is -0.634. The normalized spacial score (nSPS) is 10.4. The lowest BCUT2D eigenvalue weighted by Crippen LogP contribution is -2.30. The molecule has 0 bridgehead atoms. The van der Waals surface area contributed by atoms with E-state index in [1.165, 1.54) is 0 Å². The fraction of sp³-hybridized carbons (Fsp3) is 0.143. The molecule has 27 heavy (non-hydrogen) atoms. The molecule has 138 valence electrons. The SMILES string of the molecule is C=CC(=O)OCCNC(=O)Oc1c2ccccc2c(OC)c2ccccc12. The Hall–Kier alpha value is -3.54. The molecule has 0 radical (unpaired) electrons. The molecule has 3 rings (SSSR count). The van der Waals surface area contributed by atoms with Crippen molar-refractivity contribution in [3.8, 4) is 11.5 Å². The topological polar surface area (TPSA) is 73.9 Å². The molecule has 0 saturated carbocycles. The van der Waals surface area contributed by atoms with Gasteiger partial charge in [0.05, 0.1) is 13.7 Å². The highest BCUT2D eigenvalue weighted by Gasteiger charge is 2.17. The van der Waals surface area contributed by atoms with Gasteiger partial charge in [-0.1, -0.05) is 55.1 Å². The maximum atomic E-state index is 12.2. The van der Waals surface area contributed by atoms with Crippen LogP contribution in [0.1, 0.15) is 0 Å². The monoisotopic (exact) mass is 365 g/mol. The molecule has 0 unspecified atom stereocenters. The fourth-order valence-electron chi connectivity index (χ4n) is 2.87. The molecule has 6 nitrogen and oxygen atoms in total. The van der Waals surface area contributed by atoms with Crippen molar-refractivity contribution in [1.82, 2.24) is 5.32 Å². The number of ether oxygens (including phenoxy) is 3. The number of esters is 1. The number of carbonyl (C=O) groups is 2. The largest absolute Gasteiger partial charge is 0.495 e. The van der Waals surface area contributed by atoms with E-state index in [0.29, 0.717) is 5.75 Å². The Kier molecular flexibility index (Phi) is 5.56. The molecule has 0 fully saturated rings. The maximum absolute atomic E-state index is 12.2. The summed E-state index contributed by atoms with van der Waals surface area (Å²) in [6.07, 6.45) is 0.429. The van der Waals surface area contributed by atoms with Gasteiger partial charge in [0.2, 0.25) is 0 Å². The third-order valence-corrected chi connectivity index (χ3v) is 4.01. The van der Waals surface area contributed by atoms with Gasteiger partial charge < -0.3 is 19.5 Å². The number of fused-ring (bicyclic) bond motifs is 2. The summed E-state index contributed by atoms with van der Waals surface area (Å²) in [7, 11) is 1.62. The van der Waals surface area contributed by atoms with Gasteiger partial charge >= 0.3 is 12.1 Å². The summed E-state index contributed by atoms with van der Waals surface area (Å²) < 4.78 is 16.0. The van der Waals surface area contributed by atoms with Gasteiger partial charge in [-0.25, -0.2) is 9.59 Å². The summed E-state index contributed by atoms with van der Waals surface area (Å²) in [5.74, 6) is 0.630. The van der Waals surface area contributed by atoms with Crippen LogP contribution < -0.4 is 14.8 Å². The zero-order chi connectivity index (χ0) is 19.2. The van der Waals surface area contributed by atoms with Gasteiger partial charge in [-0.2, -0.15) is 0 Å². The van der Waals surface area contributed by atoms with Crippen LogP contribution in [0.5, 0.6) is 11.5 Å².